The molecule has 1 spiro atoms. The first-order valence-corrected chi connectivity index (χ1v) is 7.03. The normalized spacial score (nSPS) is 27.5. The van der Waals surface area contributed by atoms with Crippen LogP contribution in [-0.2, 0) is 11.3 Å². The molecule has 2 heterocycles. The quantitative estimate of drug-likeness (QED) is 0.822. The van der Waals surface area contributed by atoms with Crippen LogP contribution in [0.2, 0.25) is 0 Å². The van der Waals surface area contributed by atoms with Crippen LogP contribution in [0.3, 0.4) is 0 Å². The van der Waals surface area contributed by atoms with E-state index in [0.717, 1.165) is 32.4 Å². The average Bonchev–Trinajstić information content (AvgIpc) is 2.73. The molecule has 1 unspecified atom stereocenters. The number of nitrogens with one attached hydrogen (secondary N) is 1. The van der Waals surface area contributed by atoms with Crippen molar-refractivity contribution in [3.05, 3.63) is 48.0 Å². The molecule has 19 heavy (non-hydrogen) atoms. The van der Waals surface area contributed by atoms with Gasteiger partial charge in [0, 0.05) is 13.1 Å². The molecule has 1 N–H and O–H groups in total. The van der Waals surface area contributed by atoms with Crippen LogP contribution < -0.4 is 5.32 Å². The molecule has 0 aromatic heterocycles. The Bertz CT molecular complexity index is 483. The smallest absolute Gasteiger partial charge is 0.241 e. The SMILES string of the molecule is O=C1NCC=CCC12CCCN2Cc1ccccc1. The standard InChI is InChI=1S/C16H20N2O/c19-15-16(9-4-5-11-17-15)10-6-12-18(16)13-14-7-2-1-3-8-14/h1-5,7-8H,6,9-13H2,(H,17,19). The van der Waals surface area contributed by atoms with Gasteiger partial charge in [-0.15, -0.1) is 0 Å². The average molecular weight is 256 g/mol. The molecular weight excluding hydrogens is 236 g/mol. The largest absolute Gasteiger partial charge is 0.351 e. The Hall–Kier alpha value is -1.61. The number of carbonyl (C=O) groups excluding carboxylic acids is 1. The summed E-state index contributed by atoms with van der Waals surface area (Å²) < 4.78 is 0. The van der Waals surface area contributed by atoms with Crippen molar-refractivity contribution in [2.75, 3.05) is 13.1 Å². The topological polar surface area (TPSA) is 32.3 Å². The summed E-state index contributed by atoms with van der Waals surface area (Å²) in [4.78, 5) is 14.8. The summed E-state index contributed by atoms with van der Waals surface area (Å²) in [5.74, 6) is 0.200. The molecule has 1 aromatic carbocycles. The highest BCUT2D eigenvalue weighted by Crippen LogP contribution is 2.35. The monoisotopic (exact) mass is 256 g/mol. The van der Waals surface area contributed by atoms with Gasteiger partial charge in [-0.2, -0.15) is 0 Å². The Morgan fingerprint density at radius 3 is 2.89 bits per heavy atom. The molecule has 0 aliphatic carbocycles. The van der Waals surface area contributed by atoms with E-state index in [9.17, 15) is 4.79 Å². The van der Waals surface area contributed by atoms with E-state index in [1.807, 2.05) is 6.07 Å². The molecule has 0 radical (unpaired) electrons. The lowest BCUT2D eigenvalue weighted by molar-refractivity contribution is -0.131. The third-order valence-corrected chi connectivity index (χ3v) is 4.27. The second-order valence-corrected chi connectivity index (χ2v) is 5.43. The molecule has 1 aromatic rings. The van der Waals surface area contributed by atoms with Gasteiger partial charge in [0.1, 0.15) is 5.54 Å². The highest BCUT2D eigenvalue weighted by Gasteiger charge is 2.46. The third-order valence-electron chi connectivity index (χ3n) is 4.27. The van der Waals surface area contributed by atoms with E-state index in [2.05, 4.69) is 46.6 Å². The molecule has 0 bridgehead atoms. The van der Waals surface area contributed by atoms with E-state index in [4.69, 9.17) is 0 Å². The Morgan fingerprint density at radius 2 is 2.05 bits per heavy atom. The zero-order valence-electron chi connectivity index (χ0n) is 11.1. The molecule has 0 saturated carbocycles. The summed E-state index contributed by atoms with van der Waals surface area (Å²) in [6.45, 7) is 2.54. The van der Waals surface area contributed by atoms with E-state index in [1.165, 1.54) is 5.56 Å². The fourth-order valence-electron chi connectivity index (χ4n) is 3.23. The lowest BCUT2D eigenvalue weighted by atomic mass is 9.90. The number of hydrogen-bond acceptors (Lipinski definition) is 2. The van der Waals surface area contributed by atoms with Crippen molar-refractivity contribution < 1.29 is 4.79 Å². The fourth-order valence-corrected chi connectivity index (χ4v) is 3.23. The number of carbonyl (C=O) groups is 1. The van der Waals surface area contributed by atoms with E-state index in [-0.39, 0.29) is 11.4 Å². The van der Waals surface area contributed by atoms with Gasteiger partial charge in [0.2, 0.25) is 5.91 Å². The van der Waals surface area contributed by atoms with Crippen molar-refractivity contribution in [1.29, 1.82) is 0 Å². The van der Waals surface area contributed by atoms with Gasteiger partial charge in [-0.25, -0.2) is 0 Å². The van der Waals surface area contributed by atoms with E-state index in [0.29, 0.717) is 6.54 Å². The summed E-state index contributed by atoms with van der Waals surface area (Å²) in [6.07, 6.45) is 7.13. The van der Waals surface area contributed by atoms with Crippen molar-refractivity contribution in [2.45, 2.75) is 31.3 Å². The summed E-state index contributed by atoms with van der Waals surface area (Å²) >= 11 is 0. The first-order valence-electron chi connectivity index (χ1n) is 7.03. The minimum Gasteiger partial charge on any atom is -0.351 e. The van der Waals surface area contributed by atoms with Gasteiger partial charge in [-0.1, -0.05) is 42.5 Å². The van der Waals surface area contributed by atoms with Crippen LogP contribution in [0.15, 0.2) is 42.5 Å². The van der Waals surface area contributed by atoms with Crippen molar-refractivity contribution in [2.24, 2.45) is 0 Å². The van der Waals surface area contributed by atoms with Crippen molar-refractivity contribution >= 4 is 5.91 Å². The zero-order valence-corrected chi connectivity index (χ0v) is 11.1. The van der Waals surface area contributed by atoms with Gasteiger partial charge in [0.15, 0.2) is 0 Å². The lowest BCUT2D eigenvalue weighted by Crippen LogP contribution is -2.54. The summed E-state index contributed by atoms with van der Waals surface area (Å²) in [7, 11) is 0. The Labute approximate surface area is 114 Å². The van der Waals surface area contributed by atoms with Gasteiger partial charge in [0.05, 0.1) is 0 Å². The van der Waals surface area contributed by atoms with Gasteiger partial charge in [-0.3, -0.25) is 9.69 Å². The minimum atomic E-state index is -0.317. The summed E-state index contributed by atoms with van der Waals surface area (Å²) in [6, 6.07) is 10.4. The molecule has 1 atom stereocenters. The number of likely N-dealkylation sites (tertiary alicyclic amines) is 1. The predicted molar refractivity (Wildman–Crippen MR) is 75.6 cm³/mol. The molecule has 1 amide bonds. The number of benzene rings is 1. The summed E-state index contributed by atoms with van der Waals surface area (Å²) in [5, 5.41) is 3.03. The van der Waals surface area contributed by atoms with Crippen LogP contribution in [0.4, 0.5) is 0 Å². The van der Waals surface area contributed by atoms with Crippen LogP contribution in [0.5, 0.6) is 0 Å². The lowest BCUT2D eigenvalue weighted by Gasteiger charge is -2.35. The zero-order chi connectivity index (χ0) is 13.1. The third kappa shape index (κ3) is 2.30. The first-order chi connectivity index (χ1) is 9.31. The second kappa shape index (κ2) is 5.17. The highest BCUT2D eigenvalue weighted by atomic mass is 16.2. The van der Waals surface area contributed by atoms with Gasteiger partial charge < -0.3 is 5.32 Å². The first kappa shape index (κ1) is 12.4. The fraction of sp³-hybridized carbons (Fsp3) is 0.438. The van der Waals surface area contributed by atoms with Crippen LogP contribution in [0, 0.1) is 0 Å². The van der Waals surface area contributed by atoms with Gasteiger partial charge in [0.25, 0.3) is 0 Å². The molecule has 3 nitrogen and oxygen atoms in total. The van der Waals surface area contributed by atoms with Gasteiger partial charge >= 0.3 is 0 Å². The van der Waals surface area contributed by atoms with Gasteiger partial charge in [-0.05, 0) is 31.4 Å². The summed E-state index contributed by atoms with van der Waals surface area (Å²) in [5.41, 5.74) is 0.966. The molecule has 2 aliphatic heterocycles. The second-order valence-electron chi connectivity index (χ2n) is 5.43. The van der Waals surface area contributed by atoms with E-state index < -0.39 is 0 Å². The van der Waals surface area contributed by atoms with Crippen molar-refractivity contribution in [1.82, 2.24) is 10.2 Å². The molecular formula is C16H20N2O. The number of hydrogen-bond donors (Lipinski definition) is 1. The highest BCUT2D eigenvalue weighted by molar-refractivity contribution is 5.87. The van der Waals surface area contributed by atoms with E-state index >= 15 is 0 Å². The maximum absolute atomic E-state index is 12.4. The minimum absolute atomic E-state index is 0.200. The molecule has 2 aliphatic rings. The molecule has 1 saturated heterocycles. The molecule has 3 heteroatoms. The Balaban J connectivity index is 1.84. The Kier molecular flexibility index (Phi) is 3.38. The number of amides is 1. The maximum Gasteiger partial charge on any atom is 0.241 e. The Morgan fingerprint density at radius 1 is 1.21 bits per heavy atom. The number of nitrogens with zero attached hydrogens (tertiary/aromatic N) is 1. The molecule has 1 fully saturated rings. The molecule has 100 valence electrons. The van der Waals surface area contributed by atoms with Crippen LogP contribution >= 0.6 is 0 Å². The van der Waals surface area contributed by atoms with Crippen molar-refractivity contribution in [3.8, 4) is 0 Å². The van der Waals surface area contributed by atoms with Crippen LogP contribution in [0.25, 0.3) is 0 Å². The predicted octanol–water partition coefficient (Wildman–Crippen LogP) is 2.10. The van der Waals surface area contributed by atoms with E-state index in [1.54, 1.807) is 0 Å². The molecule has 3 rings (SSSR count). The number of rotatable bonds is 2. The maximum atomic E-state index is 12.4. The van der Waals surface area contributed by atoms with Crippen molar-refractivity contribution in [3.63, 3.8) is 0 Å². The van der Waals surface area contributed by atoms with Crippen LogP contribution in [0.1, 0.15) is 24.8 Å². The van der Waals surface area contributed by atoms with Crippen LogP contribution in [-0.4, -0.2) is 29.4 Å².